The van der Waals surface area contributed by atoms with Crippen LogP contribution in [0.5, 0.6) is 5.75 Å². The number of halogens is 2. The van der Waals surface area contributed by atoms with Crippen LogP contribution in [0.4, 0.5) is 4.39 Å². The van der Waals surface area contributed by atoms with E-state index >= 15 is 0 Å². The highest BCUT2D eigenvalue weighted by molar-refractivity contribution is 6.30. The number of hydrazone groups is 1. The highest BCUT2D eigenvalue weighted by Gasteiger charge is 2.41. The molecule has 0 bridgehead atoms. The second kappa shape index (κ2) is 6.64. The Hall–Kier alpha value is -2.85. The Balaban J connectivity index is 1.61. The van der Waals surface area contributed by atoms with Crippen molar-refractivity contribution in [2.45, 2.75) is 25.6 Å². The predicted octanol–water partition coefficient (Wildman–Crippen LogP) is 6.03. The van der Waals surface area contributed by atoms with Gasteiger partial charge < -0.3 is 4.74 Å². The second-order valence-corrected chi connectivity index (χ2v) is 7.66. The molecule has 2 aliphatic heterocycles. The third-order valence-corrected chi connectivity index (χ3v) is 5.51. The van der Waals surface area contributed by atoms with Gasteiger partial charge in [-0.1, -0.05) is 53.6 Å². The Morgan fingerprint density at radius 3 is 2.68 bits per heavy atom. The van der Waals surface area contributed by atoms with Crippen molar-refractivity contribution in [3.63, 3.8) is 0 Å². The Labute approximate surface area is 168 Å². The van der Waals surface area contributed by atoms with Crippen molar-refractivity contribution < 1.29 is 9.13 Å². The molecule has 0 fully saturated rings. The Kier molecular flexibility index (Phi) is 4.09. The van der Waals surface area contributed by atoms with Gasteiger partial charge in [0.05, 0.1) is 11.8 Å². The minimum absolute atomic E-state index is 0.00739. The first-order chi connectivity index (χ1) is 13.6. The van der Waals surface area contributed by atoms with Crippen LogP contribution in [0.25, 0.3) is 0 Å². The number of fused-ring (bicyclic) bond motifs is 3. The molecule has 0 radical (unpaired) electrons. The fourth-order valence-corrected chi connectivity index (χ4v) is 4.04. The summed E-state index contributed by atoms with van der Waals surface area (Å²) >= 11 is 6.25. The highest BCUT2D eigenvalue weighted by atomic mass is 35.5. The van der Waals surface area contributed by atoms with Crippen LogP contribution in [0.2, 0.25) is 5.02 Å². The first kappa shape index (κ1) is 17.3. The minimum atomic E-state index is -0.489. The Morgan fingerprint density at radius 2 is 1.89 bits per heavy atom. The molecule has 5 rings (SSSR count). The van der Waals surface area contributed by atoms with E-state index in [-0.39, 0.29) is 11.9 Å². The van der Waals surface area contributed by atoms with E-state index in [0.29, 0.717) is 5.02 Å². The molecule has 0 saturated carbocycles. The maximum atomic E-state index is 13.9. The van der Waals surface area contributed by atoms with Crippen LogP contribution in [0, 0.1) is 12.7 Å². The number of rotatable bonds is 2. The summed E-state index contributed by atoms with van der Waals surface area (Å²) < 4.78 is 20.1. The lowest BCUT2D eigenvalue weighted by Gasteiger charge is -2.38. The molecule has 0 amide bonds. The molecule has 2 heterocycles. The molecule has 0 unspecified atom stereocenters. The largest absolute Gasteiger partial charge is 0.464 e. The SMILES string of the molecule is Cc1ccc(C2=NN3[C@@H](C2)c2cc(Cl)ccc2O[C@H]3c2cccc(F)c2)cc1. The van der Waals surface area contributed by atoms with Crippen molar-refractivity contribution in [2.24, 2.45) is 5.10 Å². The molecule has 3 aromatic rings. The summed E-state index contributed by atoms with van der Waals surface area (Å²) in [5, 5.41) is 7.48. The number of aryl methyl sites for hydroxylation is 1. The van der Waals surface area contributed by atoms with E-state index in [4.69, 9.17) is 21.4 Å². The summed E-state index contributed by atoms with van der Waals surface area (Å²) in [6.07, 6.45) is 0.253. The maximum Gasteiger partial charge on any atom is 0.213 e. The summed E-state index contributed by atoms with van der Waals surface area (Å²) in [6, 6.07) is 20.5. The summed E-state index contributed by atoms with van der Waals surface area (Å²) in [7, 11) is 0. The molecular formula is C23H18ClFN2O. The van der Waals surface area contributed by atoms with Crippen LogP contribution < -0.4 is 4.74 Å². The molecule has 0 aromatic heterocycles. The van der Waals surface area contributed by atoms with Crippen molar-refractivity contribution in [2.75, 3.05) is 0 Å². The second-order valence-electron chi connectivity index (χ2n) is 7.22. The van der Waals surface area contributed by atoms with Gasteiger partial charge in [-0.15, -0.1) is 0 Å². The van der Waals surface area contributed by atoms with E-state index < -0.39 is 6.23 Å². The highest BCUT2D eigenvalue weighted by Crippen LogP contribution is 2.48. The molecule has 5 heteroatoms. The molecule has 140 valence electrons. The Morgan fingerprint density at radius 1 is 1.07 bits per heavy atom. The molecule has 0 aliphatic carbocycles. The molecular weight excluding hydrogens is 375 g/mol. The molecule has 2 atom stereocenters. The zero-order valence-electron chi connectivity index (χ0n) is 15.3. The van der Waals surface area contributed by atoms with Gasteiger partial charge >= 0.3 is 0 Å². The predicted molar refractivity (Wildman–Crippen MR) is 108 cm³/mol. The van der Waals surface area contributed by atoms with Crippen molar-refractivity contribution in [3.8, 4) is 5.75 Å². The zero-order chi connectivity index (χ0) is 19.3. The zero-order valence-corrected chi connectivity index (χ0v) is 16.0. The van der Waals surface area contributed by atoms with Gasteiger partial charge in [0.2, 0.25) is 6.23 Å². The summed E-state index contributed by atoms with van der Waals surface area (Å²) in [4.78, 5) is 0. The Bertz CT molecular complexity index is 1080. The average Bonchev–Trinajstić information content (AvgIpc) is 3.14. The van der Waals surface area contributed by atoms with Crippen molar-refractivity contribution in [3.05, 3.63) is 99.8 Å². The number of hydrogen-bond donors (Lipinski definition) is 0. The number of nitrogens with zero attached hydrogens (tertiary/aromatic N) is 2. The van der Waals surface area contributed by atoms with Crippen LogP contribution in [0.3, 0.4) is 0 Å². The van der Waals surface area contributed by atoms with Crippen molar-refractivity contribution in [1.29, 1.82) is 0 Å². The molecule has 2 aliphatic rings. The average molecular weight is 393 g/mol. The van der Waals surface area contributed by atoms with E-state index in [2.05, 4.69) is 31.2 Å². The normalized spacial score (nSPS) is 20.2. The van der Waals surface area contributed by atoms with E-state index in [0.717, 1.165) is 34.6 Å². The lowest BCUT2D eigenvalue weighted by molar-refractivity contribution is -0.0192. The van der Waals surface area contributed by atoms with Gasteiger partial charge in [0.15, 0.2) is 0 Å². The smallest absolute Gasteiger partial charge is 0.213 e. The lowest BCUT2D eigenvalue weighted by atomic mass is 9.95. The topological polar surface area (TPSA) is 24.8 Å². The quantitative estimate of drug-likeness (QED) is 0.532. The van der Waals surface area contributed by atoms with E-state index in [1.807, 2.05) is 29.3 Å². The van der Waals surface area contributed by atoms with Gasteiger partial charge in [0, 0.05) is 22.6 Å². The first-order valence-corrected chi connectivity index (χ1v) is 9.61. The van der Waals surface area contributed by atoms with Crippen LogP contribution in [-0.2, 0) is 0 Å². The van der Waals surface area contributed by atoms with E-state index in [1.165, 1.54) is 17.7 Å². The van der Waals surface area contributed by atoms with Crippen LogP contribution in [-0.4, -0.2) is 10.7 Å². The van der Waals surface area contributed by atoms with Crippen LogP contribution >= 0.6 is 11.6 Å². The van der Waals surface area contributed by atoms with E-state index in [1.54, 1.807) is 6.07 Å². The molecule has 0 N–H and O–H groups in total. The van der Waals surface area contributed by atoms with Gasteiger partial charge in [0.25, 0.3) is 0 Å². The molecule has 0 saturated heterocycles. The first-order valence-electron chi connectivity index (χ1n) is 9.23. The molecule has 0 spiro atoms. The van der Waals surface area contributed by atoms with Gasteiger partial charge in [-0.3, -0.25) is 0 Å². The van der Waals surface area contributed by atoms with Gasteiger partial charge in [-0.25, -0.2) is 9.40 Å². The number of hydrogen-bond acceptors (Lipinski definition) is 3. The summed E-state index contributed by atoms with van der Waals surface area (Å²) in [5.41, 5.74) is 5.02. The van der Waals surface area contributed by atoms with Crippen molar-refractivity contribution in [1.82, 2.24) is 5.01 Å². The minimum Gasteiger partial charge on any atom is -0.464 e. The molecule has 3 aromatic carbocycles. The van der Waals surface area contributed by atoms with Crippen molar-refractivity contribution >= 4 is 17.3 Å². The third-order valence-electron chi connectivity index (χ3n) is 5.27. The van der Waals surface area contributed by atoms with Gasteiger partial charge in [-0.05, 0) is 42.8 Å². The fraction of sp³-hybridized carbons (Fsp3) is 0.174. The van der Waals surface area contributed by atoms with Crippen LogP contribution in [0.1, 0.15) is 40.9 Å². The molecule has 3 nitrogen and oxygen atoms in total. The monoisotopic (exact) mass is 392 g/mol. The van der Waals surface area contributed by atoms with E-state index in [9.17, 15) is 4.39 Å². The number of benzene rings is 3. The fourth-order valence-electron chi connectivity index (χ4n) is 3.86. The van der Waals surface area contributed by atoms with Crippen LogP contribution in [0.15, 0.2) is 71.8 Å². The lowest BCUT2D eigenvalue weighted by Crippen LogP contribution is -2.33. The van der Waals surface area contributed by atoms with Gasteiger partial charge in [0.1, 0.15) is 11.6 Å². The maximum absolute atomic E-state index is 13.9. The molecule has 28 heavy (non-hydrogen) atoms. The summed E-state index contributed by atoms with van der Waals surface area (Å²) in [5.74, 6) is 0.474. The number of ether oxygens (including phenoxy) is 1. The summed E-state index contributed by atoms with van der Waals surface area (Å²) in [6.45, 7) is 2.07. The van der Waals surface area contributed by atoms with Gasteiger partial charge in [-0.2, -0.15) is 5.10 Å². The third kappa shape index (κ3) is 2.94. The standard InChI is InChI=1S/C23H18ClFN2O/c1-14-5-7-15(8-6-14)20-13-21-19-12-17(24)9-10-22(19)28-23(27(21)26-20)16-3-2-4-18(25)11-16/h2-12,21,23H,13H2,1H3/t21-,23-/m0/s1.